The standard InChI is InChI=1S/C20H18N4OS/c1-15-7-9-16(10-8-15)13-24-20(25)23-12-11-21-19(18(23)22-24)26-14-17-5-3-2-4-6-17/h2-12H,13-14H2,1H3. The second-order valence-electron chi connectivity index (χ2n) is 6.13. The molecule has 5 nitrogen and oxygen atoms in total. The highest BCUT2D eigenvalue weighted by atomic mass is 32.2. The van der Waals surface area contributed by atoms with E-state index in [1.165, 1.54) is 15.8 Å². The van der Waals surface area contributed by atoms with Crippen LogP contribution in [0.2, 0.25) is 0 Å². The fourth-order valence-electron chi connectivity index (χ4n) is 2.72. The van der Waals surface area contributed by atoms with Gasteiger partial charge in [-0.15, -0.1) is 5.10 Å². The molecule has 0 bridgehead atoms. The van der Waals surface area contributed by atoms with Gasteiger partial charge in [-0.3, -0.25) is 0 Å². The maximum absolute atomic E-state index is 12.7. The van der Waals surface area contributed by atoms with E-state index in [0.717, 1.165) is 16.3 Å². The molecule has 4 aromatic rings. The number of aromatic nitrogens is 4. The molecule has 2 aromatic carbocycles. The Morgan fingerprint density at radius 3 is 2.54 bits per heavy atom. The molecule has 4 rings (SSSR count). The van der Waals surface area contributed by atoms with Gasteiger partial charge in [0.05, 0.1) is 6.54 Å². The fraction of sp³-hybridized carbons (Fsp3) is 0.150. The van der Waals surface area contributed by atoms with Gasteiger partial charge in [0.15, 0.2) is 5.65 Å². The molecule has 26 heavy (non-hydrogen) atoms. The van der Waals surface area contributed by atoms with E-state index in [4.69, 9.17) is 0 Å². The molecule has 130 valence electrons. The molecular formula is C20H18N4OS. The van der Waals surface area contributed by atoms with Gasteiger partial charge in [0.1, 0.15) is 5.03 Å². The molecular weight excluding hydrogens is 344 g/mol. The summed E-state index contributed by atoms with van der Waals surface area (Å²) in [5.74, 6) is 0.784. The minimum Gasteiger partial charge on any atom is -0.246 e. The van der Waals surface area contributed by atoms with Crippen molar-refractivity contribution in [2.24, 2.45) is 0 Å². The highest BCUT2D eigenvalue weighted by Gasteiger charge is 2.12. The summed E-state index contributed by atoms with van der Waals surface area (Å²) in [6.45, 7) is 2.49. The van der Waals surface area contributed by atoms with Crippen LogP contribution in [0.1, 0.15) is 16.7 Å². The van der Waals surface area contributed by atoms with E-state index in [1.807, 2.05) is 49.4 Å². The van der Waals surface area contributed by atoms with E-state index in [9.17, 15) is 4.79 Å². The molecule has 6 heteroatoms. The van der Waals surface area contributed by atoms with Gasteiger partial charge in [0.2, 0.25) is 0 Å². The third-order valence-electron chi connectivity index (χ3n) is 4.14. The van der Waals surface area contributed by atoms with Crippen molar-refractivity contribution in [3.05, 3.63) is 94.2 Å². The van der Waals surface area contributed by atoms with Crippen molar-refractivity contribution in [2.75, 3.05) is 0 Å². The minimum absolute atomic E-state index is 0.149. The molecule has 0 N–H and O–H groups in total. The fourth-order valence-corrected chi connectivity index (χ4v) is 3.62. The summed E-state index contributed by atoms with van der Waals surface area (Å²) in [7, 11) is 0. The van der Waals surface area contributed by atoms with Crippen LogP contribution in [0.3, 0.4) is 0 Å². The van der Waals surface area contributed by atoms with Crippen LogP contribution in [0.5, 0.6) is 0 Å². The predicted molar refractivity (Wildman–Crippen MR) is 104 cm³/mol. The van der Waals surface area contributed by atoms with Crippen LogP contribution in [-0.4, -0.2) is 19.2 Å². The largest absolute Gasteiger partial charge is 0.350 e. The topological polar surface area (TPSA) is 52.2 Å². The van der Waals surface area contributed by atoms with E-state index in [0.29, 0.717) is 12.2 Å². The average Bonchev–Trinajstić information content (AvgIpc) is 2.99. The summed E-state index contributed by atoms with van der Waals surface area (Å²) in [4.78, 5) is 17.1. The van der Waals surface area contributed by atoms with Crippen molar-refractivity contribution in [1.29, 1.82) is 0 Å². The van der Waals surface area contributed by atoms with Crippen LogP contribution in [0, 0.1) is 6.92 Å². The third kappa shape index (κ3) is 3.41. The van der Waals surface area contributed by atoms with Gasteiger partial charge < -0.3 is 0 Å². The lowest BCUT2D eigenvalue weighted by molar-refractivity contribution is 0.658. The maximum Gasteiger partial charge on any atom is 0.350 e. The van der Waals surface area contributed by atoms with Gasteiger partial charge in [0, 0.05) is 18.1 Å². The Balaban J connectivity index is 1.63. The van der Waals surface area contributed by atoms with Crippen molar-refractivity contribution >= 4 is 17.4 Å². The molecule has 0 aliphatic carbocycles. The Bertz CT molecular complexity index is 1080. The monoisotopic (exact) mass is 362 g/mol. The van der Waals surface area contributed by atoms with Gasteiger partial charge in [-0.2, -0.15) is 0 Å². The first-order valence-corrected chi connectivity index (χ1v) is 9.36. The highest BCUT2D eigenvalue weighted by molar-refractivity contribution is 7.98. The number of aryl methyl sites for hydroxylation is 1. The smallest absolute Gasteiger partial charge is 0.246 e. The number of nitrogens with zero attached hydrogens (tertiary/aromatic N) is 4. The molecule has 2 aromatic heterocycles. The molecule has 0 saturated heterocycles. The Hall–Kier alpha value is -2.86. The zero-order valence-corrected chi connectivity index (χ0v) is 15.2. The highest BCUT2D eigenvalue weighted by Crippen LogP contribution is 2.23. The van der Waals surface area contributed by atoms with Crippen LogP contribution >= 0.6 is 11.8 Å². The van der Waals surface area contributed by atoms with E-state index >= 15 is 0 Å². The first-order valence-electron chi connectivity index (χ1n) is 8.37. The zero-order chi connectivity index (χ0) is 17.9. The molecule has 0 aliphatic rings. The second-order valence-corrected chi connectivity index (χ2v) is 7.09. The zero-order valence-electron chi connectivity index (χ0n) is 14.4. The van der Waals surface area contributed by atoms with Gasteiger partial charge in [-0.05, 0) is 18.1 Å². The van der Waals surface area contributed by atoms with Crippen molar-refractivity contribution in [1.82, 2.24) is 19.2 Å². The summed E-state index contributed by atoms with van der Waals surface area (Å²) in [5, 5.41) is 5.29. The summed E-state index contributed by atoms with van der Waals surface area (Å²) in [6.07, 6.45) is 3.32. The molecule has 0 amide bonds. The summed E-state index contributed by atoms with van der Waals surface area (Å²) >= 11 is 1.59. The van der Waals surface area contributed by atoms with Gasteiger partial charge in [-0.1, -0.05) is 71.9 Å². The molecule has 2 heterocycles. The Kier molecular flexibility index (Phi) is 4.58. The normalized spacial score (nSPS) is 11.1. The van der Waals surface area contributed by atoms with Gasteiger partial charge >= 0.3 is 5.69 Å². The molecule has 0 radical (unpaired) electrons. The Morgan fingerprint density at radius 2 is 1.77 bits per heavy atom. The number of hydrogen-bond acceptors (Lipinski definition) is 4. The quantitative estimate of drug-likeness (QED) is 0.510. The van der Waals surface area contributed by atoms with Crippen molar-refractivity contribution in [3.8, 4) is 0 Å². The van der Waals surface area contributed by atoms with Crippen LogP contribution in [0.15, 0.2) is 76.8 Å². The third-order valence-corrected chi connectivity index (χ3v) is 5.18. The molecule has 0 atom stereocenters. The first kappa shape index (κ1) is 16.6. The molecule has 0 unspecified atom stereocenters. The number of hydrogen-bond donors (Lipinski definition) is 0. The lowest BCUT2D eigenvalue weighted by atomic mass is 10.1. The lowest BCUT2D eigenvalue weighted by Crippen LogP contribution is -2.21. The SMILES string of the molecule is Cc1ccc(Cn2nc3c(SCc4ccccc4)nccn3c2=O)cc1. The average molecular weight is 362 g/mol. The van der Waals surface area contributed by atoms with Gasteiger partial charge in [0.25, 0.3) is 0 Å². The van der Waals surface area contributed by atoms with E-state index < -0.39 is 0 Å². The van der Waals surface area contributed by atoms with Crippen LogP contribution in [-0.2, 0) is 12.3 Å². The number of thioether (sulfide) groups is 1. The molecule has 0 aliphatic heterocycles. The number of benzene rings is 2. The van der Waals surface area contributed by atoms with Crippen LogP contribution in [0.4, 0.5) is 0 Å². The van der Waals surface area contributed by atoms with Crippen molar-refractivity contribution < 1.29 is 0 Å². The van der Waals surface area contributed by atoms with Crippen molar-refractivity contribution in [3.63, 3.8) is 0 Å². The summed E-state index contributed by atoms with van der Waals surface area (Å²) < 4.78 is 3.06. The Morgan fingerprint density at radius 1 is 1.00 bits per heavy atom. The Labute approximate surface area is 155 Å². The first-order chi connectivity index (χ1) is 12.7. The van der Waals surface area contributed by atoms with E-state index in [-0.39, 0.29) is 5.69 Å². The van der Waals surface area contributed by atoms with E-state index in [2.05, 4.69) is 22.2 Å². The van der Waals surface area contributed by atoms with Gasteiger partial charge in [-0.25, -0.2) is 18.9 Å². The predicted octanol–water partition coefficient (Wildman–Crippen LogP) is 3.54. The molecule has 0 spiro atoms. The molecule has 0 saturated carbocycles. The van der Waals surface area contributed by atoms with Crippen LogP contribution in [0.25, 0.3) is 5.65 Å². The second kappa shape index (κ2) is 7.17. The number of fused-ring (bicyclic) bond motifs is 1. The van der Waals surface area contributed by atoms with E-state index in [1.54, 1.807) is 28.6 Å². The molecule has 0 fully saturated rings. The minimum atomic E-state index is -0.149. The van der Waals surface area contributed by atoms with Crippen molar-refractivity contribution in [2.45, 2.75) is 24.2 Å². The summed E-state index contributed by atoms with van der Waals surface area (Å²) in [6, 6.07) is 18.3. The maximum atomic E-state index is 12.7. The van der Waals surface area contributed by atoms with Crippen LogP contribution < -0.4 is 5.69 Å². The number of rotatable bonds is 5. The summed E-state index contributed by atoms with van der Waals surface area (Å²) in [5.41, 5.74) is 3.91. The lowest BCUT2D eigenvalue weighted by Gasteiger charge is -2.02.